The Kier molecular flexibility index (Phi) is 4.53. The molecule has 0 heterocycles. The molecular weight excluding hydrogens is 339 g/mol. The third kappa shape index (κ3) is 3.10. The Morgan fingerprint density at radius 1 is 0.667 bits per heavy atom. The summed E-state index contributed by atoms with van der Waals surface area (Å²) in [6.07, 6.45) is 0. The second-order valence-corrected chi connectivity index (χ2v) is 7.91. The predicted octanol–water partition coefficient (Wildman–Crippen LogP) is 4.52. The molecule has 104 valence electrons. The molecule has 0 aliphatic rings. The van der Waals surface area contributed by atoms with Gasteiger partial charge in [-0.1, -0.05) is 88.7 Å². The van der Waals surface area contributed by atoms with E-state index < -0.39 is 7.92 Å². The third-order valence-electron chi connectivity index (χ3n) is 3.46. The summed E-state index contributed by atoms with van der Waals surface area (Å²) >= 11 is 3.73. The van der Waals surface area contributed by atoms with Gasteiger partial charge in [0.2, 0.25) is 0 Å². The summed E-state index contributed by atoms with van der Waals surface area (Å²) in [6, 6.07) is 28.1. The monoisotopic (exact) mass is 354 g/mol. The maximum absolute atomic E-state index is 3.73. The largest absolute Gasteiger partial charge is 0.0622 e. The predicted molar refractivity (Wildman–Crippen MR) is 97.6 cm³/mol. The van der Waals surface area contributed by atoms with Crippen LogP contribution in [0.25, 0.3) is 0 Å². The van der Waals surface area contributed by atoms with E-state index in [2.05, 4.69) is 102 Å². The van der Waals surface area contributed by atoms with Crippen molar-refractivity contribution in [3.05, 3.63) is 88.9 Å². The van der Waals surface area contributed by atoms with Gasteiger partial charge in [0.15, 0.2) is 0 Å². The van der Waals surface area contributed by atoms with Crippen LogP contribution >= 0.6 is 23.9 Å². The molecule has 1 atom stereocenters. The zero-order chi connectivity index (χ0) is 14.7. The van der Waals surface area contributed by atoms with Crippen LogP contribution in [0.4, 0.5) is 0 Å². The summed E-state index contributed by atoms with van der Waals surface area (Å²) < 4.78 is 1.18. The molecule has 0 aliphatic carbocycles. The number of halogens is 1. The summed E-state index contributed by atoms with van der Waals surface area (Å²) in [5.41, 5.74) is 1.35. The Morgan fingerprint density at radius 3 is 1.90 bits per heavy atom. The summed E-state index contributed by atoms with van der Waals surface area (Å²) in [6.45, 7) is 2.20. The first-order valence-electron chi connectivity index (χ1n) is 6.93. The fourth-order valence-electron chi connectivity index (χ4n) is 2.43. The highest BCUT2D eigenvalue weighted by Crippen LogP contribution is 2.36. The molecule has 1 unspecified atom stereocenters. The first-order valence-corrected chi connectivity index (χ1v) is 9.06. The summed E-state index contributed by atoms with van der Waals surface area (Å²) in [4.78, 5) is 0. The number of rotatable bonds is 3. The molecule has 0 spiro atoms. The Bertz CT molecular complexity index is 692. The average molecular weight is 355 g/mol. The van der Waals surface area contributed by atoms with Crippen molar-refractivity contribution in [3.8, 4) is 0 Å². The van der Waals surface area contributed by atoms with Crippen molar-refractivity contribution < 1.29 is 0 Å². The van der Waals surface area contributed by atoms with Gasteiger partial charge in [0, 0.05) is 4.47 Å². The highest BCUT2D eigenvalue weighted by Gasteiger charge is 2.19. The highest BCUT2D eigenvalue weighted by atomic mass is 79.9. The minimum atomic E-state index is -0.535. The molecule has 21 heavy (non-hydrogen) atoms. The van der Waals surface area contributed by atoms with Gasteiger partial charge in [-0.25, -0.2) is 0 Å². The van der Waals surface area contributed by atoms with Gasteiger partial charge in [-0.15, -0.1) is 0 Å². The van der Waals surface area contributed by atoms with Gasteiger partial charge in [0.25, 0.3) is 0 Å². The molecule has 0 bridgehead atoms. The number of hydrogen-bond donors (Lipinski definition) is 0. The summed E-state index contributed by atoms with van der Waals surface area (Å²) in [5, 5.41) is 4.17. The number of hydrogen-bond acceptors (Lipinski definition) is 0. The lowest BCUT2D eigenvalue weighted by Crippen LogP contribution is -2.23. The lowest BCUT2D eigenvalue weighted by atomic mass is 10.2. The van der Waals surface area contributed by atoms with Crippen molar-refractivity contribution in [1.82, 2.24) is 0 Å². The van der Waals surface area contributed by atoms with Crippen LogP contribution in [0.3, 0.4) is 0 Å². The van der Waals surface area contributed by atoms with Crippen LogP contribution in [-0.4, -0.2) is 0 Å². The molecule has 3 rings (SSSR count). The van der Waals surface area contributed by atoms with Crippen molar-refractivity contribution in [1.29, 1.82) is 0 Å². The van der Waals surface area contributed by atoms with Crippen molar-refractivity contribution in [3.63, 3.8) is 0 Å². The lowest BCUT2D eigenvalue weighted by molar-refractivity contribution is 1.52. The quantitative estimate of drug-likeness (QED) is 0.606. The van der Waals surface area contributed by atoms with Crippen molar-refractivity contribution in [2.45, 2.75) is 6.92 Å². The normalized spacial score (nSPS) is 12.1. The maximum Gasteiger partial charge on any atom is 0.0258 e. The SMILES string of the molecule is Cc1ccccc1P(c1ccccc1)c1ccccc1Br. The minimum absolute atomic E-state index is 0.535. The molecule has 0 saturated carbocycles. The second-order valence-electron chi connectivity index (χ2n) is 4.91. The fraction of sp³-hybridized carbons (Fsp3) is 0.0526. The van der Waals surface area contributed by atoms with E-state index in [9.17, 15) is 0 Å². The first-order chi connectivity index (χ1) is 10.3. The van der Waals surface area contributed by atoms with Crippen LogP contribution in [0, 0.1) is 6.92 Å². The van der Waals surface area contributed by atoms with Gasteiger partial charge in [-0.3, -0.25) is 0 Å². The molecule has 0 N–H and O–H groups in total. The van der Waals surface area contributed by atoms with E-state index in [0.29, 0.717) is 0 Å². The minimum Gasteiger partial charge on any atom is -0.0622 e. The van der Waals surface area contributed by atoms with Gasteiger partial charge >= 0.3 is 0 Å². The van der Waals surface area contributed by atoms with Crippen LogP contribution in [-0.2, 0) is 0 Å². The van der Waals surface area contributed by atoms with Gasteiger partial charge in [-0.2, -0.15) is 0 Å². The van der Waals surface area contributed by atoms with Crippen molar-refractivity contribution in [2.24, 2.45) is 0 Å². The fourth-order valence-corrected chi connectivity index (χ4v) is 5.72. The van der Waals surface area contributed by atoms with Crippen LogP contribution in [0.5, 0.6) is 0 Å². The second kappa shape index (κ2) is 6.56. The van der Waals surface area contributed by atoms with Crippen LogP contribution in [0.1, 0.15) is 5.56 Å². The van der Waals surface area contributed by atoms with Gasteiger partial charge in [0.1, 0.15) is 0 Å². The number of aryl methyl sites for hydroxylation is 1. The van der Waals surface area contributed by atoms with E-state index in [1.165, 1.54) is 25.9 Å². The molecular formula is C19H16BrP. The molecule has 0 saturated heterocycles. The Balaban J connectivity index is 2.22. The van der Waals surface area contributed by atoms with E-state index in [1.807, 2.05) is 0 Å². The standard InChI is InChI=1S/C19H16BrP/c1-15-9-5-7-13-18(15)21(16-10-3-2-4-11-16)19-14-8-6-12-17(19)20/h2-14H,1H3. The molecule has 0 aromatic heterocycles. The molecule has 3 aromatic rings. The van der Waals surface area contributed by atoms with E-state index in [0.717, 1.165) is 0 Å². The molecule has 0 nitrogen and oxygen atoms in total. The Hall–Kier alpha value is -1.43. The summed E-state index contributed by atoms with van der Waals surface area (Å²) in [5.74, 6) is 0. The smallest absolute Gasteiger partial charge is 0.0258 e. The van der Waals surface area contributed by atoms with E-state index >= 15 is 0 Å². The number of benzene rings is 3. The van der Waals surface area contributed by atoms with E-state index in [1.54, 1.807) is 0 Å². The van der Waals surface area contributed by atoms with Crippen LogP contribution < -0.4 is 15.9 Å². The van der Waals surface area contributed by atoms with Gasteiger partial charge < -0.3 is 0 Å². The van der Waals surface area contributed by atoms with Gasteiger partial charge in [0.05, 0.1) is 0 Å². The van der Waals surface area contributed by atoms with E-state index in [-0.39, 0.29) is 0 Å². The third-order valence-corrected chi connectivity index (χ3v) is 7.13. The molecule has 0 radical (unpaired) electrons. The van der Waals surface area contributed by atoms with E-state index in [4.69, 9.17) is 0 Å². The molecule has 3 aromatic carbocycles. The highest BCUT2D eigenvalue weighted by molar-refractivity contribution is 9.10. The van der Waals surface area contributed by atoms with Crippen molar-refractivity contribution in [2.75, 3.05) is 0 Å². The van der Waals surface area contributed by atoms with Gasteiger partial charge in [-0.05, 0) is 42.4 Å². The molecule has 0 aliphatic heterocycles. The van der Waals surface area contributed by atoms with Crippen LogP contribution in [0.2, 0.25) is 0 Å². The molecule has 2 heteroatoms. The zero-order valence-electron chi connectivity index (χ0n) is 11.8. The lowest BCUT2D eigenvalue weighted by Gasteiger charge is -2.22. The summed E-state index contributed by atoms with van der Waals surface area (Å²) in [7, 11) is -0.535. The van der Waals surface area contributed by atoms with Crippen molar-refractivity contribution >= 4 is 39.8 Å². The van der Waals surface area contributed by atoms with Crippen LogP contribution in [0.15, 0.2) is 83.3 Å². The molecule has 0 amide bonds. The maximum atomic E-state index is 3.73. The Morgan fingerprint density at radius 2 is 1.24 bits per heavy atom. The zero-order valence-corrected chi connectivity index (χ0v) is 14.3. The topological polar surface area (TPSA) is 0 Å². The first kappa shape index (κ1) is 14.5. The Labute approximate surface area is 135 Å². The molecule has 0 fully saturated rings. The average Bonchev–Trinajstić information content (AvgIpc) is 2.52.